The minimum atomic E-state index is -0.239. The fraction of sp³-hybridized carbons (Fsp3) is 0.167. The molecule has 0 aliphatic carbocycles. The molecular formula is C12H10ClN5OS. The lowest BCUT2D eigenvalue weighted by molar-refractivity contribution is -0.113. The number of amides is 1. The van der Waals surface area contributed by atoms with Gasteiger partial charge in [0.25, 0.3) is 0 Å². The molecule has 1 amide bonds. The second kappa shape index (κ2) is 6.41. The first-order chi connectivity index (χ1) is 9.60. The highest BCUT2D eigenvalue weighted by molar-refractivity contribution is 7.99. The van der Waals surface area contributed by atoms with E-state index in [0.717, 1.165) is 0 Å². The van der Waals surface area contributed by atoms with Gasteiger partial charge in [-0.2, -0.15) is 5.26 Å². The van der Waals surface area contributed by atoms with E-state index in [1.807, 2.05) is 6.07 Å². The lowest BCUT2D eigenvalue weighted by Crippen LogP contribution is -2.15. The van der Waals surface area contributed by atoms with Crippen LogP contribution < -0.4 is 5.32 Å². The van der Waals surface area contributed by atoms with Crippen LogP contribution in [0.2, 0.25) is 5.02 Å². The molecule has 0 saturated carbocycles. The van der Waals surface area contributed by atoms with Crippen molar-refractivity contribution in [3.63, 3.8) is 0 Å². The Morgan fingerprint density at radius 1 is 1.60 bits per heavy atom. The van der Waals surface area contributed by atoms with Gasteiger partial charge in [-0.05, 0) is 18.2 Å². The number of rotatable bonds is 4. The van der Waals surface area contributed by atoms with E-state index in [2.05, 4.69) is 15.5 Å². The summed E-state index contributed by atoms with van der Waals surface area (Å²) in [6, 6.07) is 6.71. The van der Waals surface area contributed by atoms with Crippen LogP contribution in [0.4, 0.5) is 5.69 Å². The predicted molar refractivity (Wildman–Crippen MR) is 76.5 cm³/mol. The van der Waals surface area contributed by atoms with E-state index in [-0.39, 0.29) is 11.7 Å². The first kappa shape index (κ1) is 14.4. The number of nitrogens with one attached hydrogen (secondary N) is 1. The molecule has 0 unspecified atom stereocenters. The third kappa shape index (κ3) is 3.50. The Kier molecular flexibility index (Phi) is 4.61. The van der Waals surface area contributed by atoms with Crippen molar-refractivity contribution < 1.29 is 4.79 Å². The standard InChI is InChI=1S/C12H10ClN5OS/c1-18-7-15-17-12(18)20-6-11(19)16-10-4-9(13)3-2-8(10)5-14/h2-4,7H,6H2,1H3,(H,16,19). The fourth-order valence-corrected chi connectivity index (χ4v) is 2.30. The average molecular weight is 308 g/mol. The van der Waals surface area contributed by atoms with Crippen molar-refractivity contribution in [2.24, 2.45) is 7.05 Å². The lowest BCUT2D eigenvalue weighted by Gasteiger charge is -2.07. The average Bonchev–Trinajstić information content (AvgIpc) is 2.82. The van der Waals surface area contributed by atoms with Gasteiger partial charge in [-0.15, -0.1) is 10.2 Å². The van der Waals surface area contributed by atoms with Crippen molar-refractivity contribution in [3.05, 3.63) is 35.1 Å². The van der Waals surface area contributed by atoms with E-state index in [9.17, 15) is 4.79 Å². The maximum atomic E-state index is 11.9. The molecule has 0 bridgehead atoms. The van der Waals surface area contributed by atoms with E-state index in [4.69, 9.17) is 16.9 Å². The van der Waals surface area contributed by atoms with Crippen molar-refractivity contribution in [2.45, 2.75) is 5.16 Å². The molecule has 1 heterocycles. The maximum Gasteiger partial charge on any atom is 0.234 e. The number of aromatic nitrogens is 3. The highest BCUT2D eigenvalue weighted by Gasteiger charge is 2.10. The summed E-state index contributed by atoms with van der Waals surface area (Å²) < 4.78 is 1.72. The molecule has 6 nitrogen and oxygen atoms in total. The molecule has 0 radical (unpaired) electrons. The highest BCUT2D eigenvalue weighted by atomic mass is 35.5. The number of aryl methyl sites for hydroxylation is 1. The number of carbonyl (C=O) groups is 1. The van der Waals surface area contributed by atoms with Crippen LogP contribution in [0.3, 0.4) is 0 Å². The van der Waals surface area contributed by atoms with Crippen molar-refractivity contribution >= 4 is 35.0 Å². The van der Waals surface area contributed by atoms with Crippen LogP contribution in [0.15, 0.2) is 29.7 Å². The molecular weight excluding hydrogens is 298 g/mol. The van der Waals surface area contributed by atoms with Crippen LogP contribution in [0.5, 0.6) is 0 Å². The first-order valence-electron chi connectivity index (χ1n) is 5.56. The zero-order valence-electron chi connectivity index (χ0n) is 10.5. The normalized spacial score (nSPS) is 10.1. The smallest absolute Gasteiger partial charge is 0.234 e. The molecule has 8 heteroatoms. The Labute approximate surface area is 124 Å². The molecule has 0 aliphatic heterocycles. The van der Waals surface area contributed by atoms with Crippen LogP contribution in [0.1, 0.15) is 5.56 Å². The van der Waals surface area contributed by atoms with Gasteiger partial charge in [0.15, 0.2) is 5.16 Å². The minimum absolute atomic E-state index is 0.171. The number of halogens is 1. The quantitative estimate of drug-likeness (QED) is 0.874. The molecule has 0 aliphatic rings. The van der Waals surface area contributed by atoms with Crippen LogP contribution in [0.25, 0.3) is 0 Å². The molecule has 0 spiro atoms. The number of carbonyl (C=O) groups excluding carboxylic acids is 1. The largest absolute Gasteiger partial charge is 0.324 e. The van der Waals surface area contributed by atoms with Gasteiger partial charge in [0.2, 0.25) is 5.91 Å². The van der Waals surface area contributed by atoms with E-state index >= 15 is 0 Å². The van der Waals surface area contributed by atoms with Crippen molar-refractivity contribution in [1.82, 2.24) is 14.8 Å². The van der Waals surface area contributed by atoms with Crippen LogP contribution in [-0.4, -0.2) is 26.4 Å². The highest BCUT2D eigenvalue weighted by Crippen LogP contribution is 2.21. The summed E-state index contributed by atoms with van der Waals surface area (Å²) in [5, 5.41) is 20.3. The van der Waals surface area contributed by atoms with Gasteiger partial charge in [-0.1, -0.05) is 23.4 Å². The number of anilines is 1. The number of hydrogen-bond acceptors (Lipinski definition) is 5. The molecule has 0 fully saturated rings. The third-order valence-corrected chi connectivity index (χ3v) is 3.65. The second-order valence-corrected chi connectivity index (χ2v) is 5.24. The van der Waals surface area contributed by atoms with Crippen LogP contribution in [-0.2, 0) is 11.8 Å². The van der Waals surface area contributed by atoms with Gasteiger partial charge < -0.3 is 9.88 Å². The zero-order valence-corrected chi connectivity index (χ0v) is 12.1. The summed E-state index contributed by atoms with van der Waals surface area (Å²) in [7, 11) is 1.80. The monoisotopic (exact) mass is 307 g/mol. The van der Waals surface area contributed by atoms with Gasteiger partial charge in [-0.3, -0.25) is 4.79 Å². The number of nitrogens with zero attached hydrogens (tertiary/aromatic N) is 4. The fourth-order valence-electron chi connectivity index (χ4n) is 1.44. The van der Waals surface area contributed by atoms with E-state index < -0.39 is 0 Å². The number of nitriles is 1. The summed E-state index contributed by atoms with van der Waals surface area (Å²) in [4.78, 5) is 11.9. The SMILES string of the molecule is Cn1cnnc1SCC(=O)Nc1cc(Cl)ccc1C#N. The summed E-state index contributed by atoms with van der Waals surface area (Å²) >= 11 is 7.11. The number of benzene rings is 1. The van der Waals surface area contributed by atoms with Crippen molar-refractivity contribution in [2.75, 3.05) is 11.1 Å². The van der Waals surface area contributed by atoms with Crippen LogP contribution >= 0.6 is 23.4 Å². The van der Waals surface area contributed by atoms with Gasteiger partial charge in [0.1, 0.15) is 12.4 Å². The van der Waals surface area contributed by atoms with E-state index in [0.29, 0.717) is 21.4 Å². The molecule has 102 valence electrons. The first-order valence-corrected chi connectivity index (χ1v) is 6.93. The zero-order chi connectivity index (χ0) is 14.5. The molecule has 1 aromatic carbocycles. The third-order valence-electron chi connectivity index (χ3n) is 2.38. The Bertz CT molecular complexity index is 679. The van der Waals surface area contributed by atoms with E-state index in [1.54, 1.807) is 36.1 Å². The topological polar surface area (TPSA) is 83.6 Å². The molecule has 1 aromatic heterocycles. The van der Waals surface area contributed by atoms with Crippen LogP contribution in [0, 0.1) is 11.3 Å². The summed E-state index contributed by atoms with van der Waals surface area (Å²) in [6.07, 6.45) is 1.56. The maximum absolute atomic E-state index is 11.9. The van der Waals surface area contributed by atoms with Crippen molar-refractivity contribution in [1.29, 1.82) is 5.26 Å². The Hall–Kier alpha value is -2.04. The Balaban J connectivity index is 2.00. The minimum Gasteiger partial charge on any atom is -0.324 e. The van der Waals surface area contributed by atoms with Gasteiger partial charge in [-0.25, -0.2) is 0 Å². The Morgan fingerprint density at radius 3 is 3.05 bits per heavy atom. The number of thioether (sulfide) groups is 1. The molecule has 0 saturated heterocycles. The van der Waals surface area contributed by atoms with Gasteiger partial charge >= 0.3 is 0 Å². The summed E-state index contributed by atoms with van der Waals surface area (Å²) in [5.41, 5.74) is 0.773. The van der Waals surface area contributed by atoms with E-state index in [1.165, 1.54) is 11.8 Å². The van der Waals surface area contributed by atoms with Crippen molar-refractivity contribution in [3.8, 4) is 6.07 Å². The summed E-state index contributed by atoms with van der Waals surface area (Å²) in [6.45, 7) is 0. The second-order valence-electron chi connectivity index (χ2n) is 3.86. The lowest BCUT2D eigenvalue weighted by atomic mass is 10.2. The molecule has 20 heavy (non-hydrogen) atoms. The molecule has 2 rings (SSSR count). The molecule has 0 atom stereocenters. The molecule has 2 aromatic rings. The van der Waals surface area contributed by atoms with Gasteiger partial charge in [0, 0.05) is 12.1 Å². The number of hydrogen-bond donors (Lipinski definition) is 1. The predicted octanol–water partition coefficient (Wildman–Crippen LogP) is 2.07. The Morgan fingerprint density at radius 2 is 2.40 bits per heavy atom. The summed E-state index contributed by atoms with van der Waals surface area (Å²) in [5.74, 6) is -0.0686. The van der Waals surface area contributed by atoms with Gasteiger partial charge in [0.05, 0.1) is 17.0 Å². The molecule has 1 N–H and O–H groups in total.